The van der Waals surface area contributed by atoms with E-state index in [9.17, 15) is 4.79 Å². The molecule has 0 saturated heterocycles. The number of aromatic nitrogens is 2. The maximum absolute atomic E-state index is 11.4. The second-order valence-corrected chi connectivity index (χ2v) is 5.20. The van der Waals surface area contributed by atoms with Crippen LogP contribution < -0.4 is 10.9 Å². The van der Waals surface area contributed by atoms with Crippen molar-refractivity contribution in [2.24, 2.45) is 0 Å². The van der Waals surface area contributed by atoms with Crippen molar-refractivity contribution >= 4 is 17.6 Å². The van der Waals surface area contributed by atoms with Crippen LogP contribution in [-0.2, 0) is 0 Å². The Balaban J connectivity index is 2.10. The van der Waals surface area contributed by atoms with Gasteiger partial charge in [-0.3, -0.25) is 4.79 Å². The molecule has 1 saturated carbocycles. The van der Waals surface area contributed by atoms with Crippen LogP contribution in [0.3, 0.4) is 0 Å². The highest BCUT2D eigenvalue weighted by atomic mass is 32.2. The van der Waals surface area contributed by atoms with Gasteiger partial charge in [-0.2, -0.15) is 11.8 Å². The van der Waals surface area contributed by atoms with Gasteiger partial charge < -0.3 is 10.3 Å². The lowest BCUT2D eigenvalue weighted by molar-refractivity contribution is 0.865. The Labute approximate surface area is 99.3 Å². The van der Waals surface area contributed by atoms with Gasteiger partial charge in [-0.15, -0.1) is 0 Å². The van der Waals surface area contributed by atoms with Gasteiger partial charge in [0.15, 0.2) is 0 Å². The van der Waals surface area contributed by atoms with Crippen molar-refractivity contribution in [3.8, 4) is 0 Å². The van der Waals surface area contributed by atoms with E-state index in [0.29, 0.717) is 17.8 Å². The third kappa shape index (κ3) is 3.01. The predicted molar refractivity (Wildman–Crippen MR) is 68.3 cm³/mol. The summed E-state index contributed by atoms with van der Waals surface area (Å²) in [6.45, 7) is 2.09. The lowest BCUT2D eigenvalue weighted by Gasteiger charge is -2.13. The van der Waals surface area contributed by atoms with Gasteiger partial charge in [0.05, 0.1) is 0 Å². The van der Waals surface area contributed by atoms with Crippen molar-refractivity contribution in [2.75, 3.05) is 17.3 Å². The highest BCUT2D eigenvalue weighted by Crippen LogP contribution is 2.37. The second-order valence-electron chi connectivity index (χ2n) is 4.29. The summed E-state index contributed by atoms with van der Waals surface area (Å²) in [6, 6.07) is 1.86. The van der Waals surface area contributed by atoms with Crippen LogP contribution >= 0.6 is 11.8 Å². The molecule has 1 aliphatic carbocycles. The Morgan fingerprint density at radius 2 is 2.44 bits per heavy atom. The Morgan fingerprint density at radius 1 is 1.69 bits per heavy atom. The largest absolute Gasteiger partial charge is 0.367 e. The van der Waals surface area contributed by atoms with Crippen LogP contribution in [0.1, 0.15) is 31.5 Å². The summed E-state index contributed by atoms with van der Waals surface area (Å²) in [5.74, 6) is 3.02. The monoisotopic (exact) mass is 239 g/mol. The fourth-order valence-corrected chi connectivity index (χ4v) is 2.23. The van der Waals surface area contributed by atoms with E-state index in [2.05, 4.69) is 28.5 Å². The van der Waals surface area contributed by atoms with Gasteiger partial charge in [-0.1, -0.05) is 0 Å². The first-order valence-electron chi connectivity index (χ1n) is 5.56. The quantitative estimate of drug-likeness (QED) is 0.823. The number of hydrogen-bond acceptors (Lipinski definition) is 4. The van der Waals surface area contributed by atoms with Gasteiger partial charge >= 0.3 is 0 Å². The van der Waals surface area contributed by atoms with Crippen molar-refractivity contribution in [3.05, 3.63) is 22.2 Å². The molecule has 2 rings (SSSR count). The Kier molecular flexibility index (Phi) is 3.53. The van der Waals surface area contributed by atoms with E-state index in [1.54, 1.807) is 11.8 Å². The minimum absolute atomic E-state index is 0.0595. The first-order valence-corrected chi connectivity index (χ1v) is 6.95. The van der Waals surface area contributed by atoms with Crippen LogP contribution in [0.25, 0.3) is 0 Å². The fourth-order valence-electron chi connectivity index (χ4n) is 1.64. The molecule has 4 nitrogen and oxygen atoms in total. The van der Waals surface area contributed by atoms with E-state index in [1.807, 2.05) is 0 Å². The molecule has 16 heavy (non-hydrogen) atoms. The normalized spacial score (nSPS) is 17.1. The standard InChI is InChI=1S/C11H17N3OS/c1-7(6-16-2)12-9-5-10(15)14-11(13-9)8-3-4-8/h5,7-8H,3-4,6H2,1-2H3,(H2,12,13,14,15). The maximum Gasteiger partial charge on any atom is 0.252 e. The number of nitrogens with zero attached hydrogens (tertiary/aromatic N) is 1. The third-order valence-corrected chi connectivity index (χ3v) is 3.37. The van der Waals surface area contributed by atoms with Gasteiger partial charge in [0.1, 0.15) is 11.6 Å². The number of anilines is 1. The summed E-state index contributed by atoms with van der Waals surface area (Å²) in [6.07, 6.45) is 4.36. The summed E-state index contributed by atoms with van der Waals surface area (Å²) in [4.78, 5) is 18.7. The van der Waals surface area contributed by atoms with Crippen LogP contribution in [0.15, 0.2) is 10.9 Å². The van der Waals surface area contributed by atoms with Crippen molar-refractivity contribution in [1.29, 1.82) is 0 Å². The Morgan fingerprint density at radius 3 is 3.06 bits per heavy atom. The molecular formula is C11H17N3OS. The molecule has 0 amide bonds. The van der Waals surface area contributed by atoms with Crippen LogP contribution in [-0.4, -0.2) is 28.0 Å². The summed E-state index contributed by atoms with van der Waals surface area (Å²) in [7, 11) is 0. The molecular weight excluding hydrogens is 222 g/mol. The molecule has 1 aromatic rings. The summed E-state index contributed by atoms with van der Waals surface area (Å²) in [5, 5.41) is 3.25. The lowest BCUT2D eigenvalue weighted by Crippen LogP contribution is -2.21. The SMILES string of the molecule is CSCC(C)Nc1cc(=O)[nH]c(C2CC2)n1. The highest BCUT2D eigenvalue weighted by molar-refractivity contribution is 7.98. The highest BCUT2D eigenvalue weighted by Gasteiger charge is 2.26. The molecule has 1 heterocycles. The maximum atomic E-state index is 11.4. The number of rotatable bonds is 5. The smallest absolute Gasteiger partial charge is 0.252 e. The van der Waals surface area contributed by atoms with E-state index < -0.39 is 0 Å². The summed E-state index contributed by atoms with van der Waals surface area (Å²) in [5.41, 5.74) is -0.0595. The molecule has 0 bridgehead atoms. The van der Waals surface area contributed by atoms with Gasteiger partial charge in [-0.25, -0.2) is 4.98 Å². The molecule has 1 aliphatic rings. The lowest BCUT2D eigenvalue weighted by atomic mass is 10.3. The first-order chi connectivity index (χ1) is 7.69. The fraction of sp³-hybridized carbons (Fsp3) is 0.636. The Hall–Kier alpha value is -0.970. The number of thioether (sulfide) groups is 1. The minimum atomic E-state index is -0.0595. The predicted octanol–water partition coefficient (Wildman–Crippen LogP) is 1.81. The topological polar surface area (TPSA) is 57.8 Å². The zero-order valence-electron chi connectivity index (χ0n) is 9.62. The number of H-pyrrole nitrogens is 1. The van der Waals surface area contributed by atoms with Crippen LogP contribution in [0.2, 0.25) is 0 Å². The molecule has 1 atom stereocenters. The van der Waals surface area contributed by atoms with Crippen molar-refractivity contribution in [1.82, 2.24) is 9.97 Å². The number of aromatic amines is 1. The molecule has 0 aliphatic heterocycles. The van der Waals surface area contributed by atoms with Crippen molar-refractivity contribution in [2.45, 2.75) is 31.7 Å². The first kappa shape index (κ1) is 11.5. The van der Waals surface area contributed by atoms with E-state index >= 15 is 0 Å². The summed E-state index contributed by atoms with van der Waals surface area (Å²) < 4.78 is 0. The van der Waals surface area contributed by atoms with Crippen LogP contribution in [0, 0.1) is 0 Å². The average molecular weight is 239 g/mol. The molecule has 5 heteroatoms. The minimum Gasteiger partial charge on any atom is -0.367 e. The zero-order valence-corrected chi connectivity index (χ0v) is 10.4. The molecule has 1 aromatic heterocycles. The second kappa shape index (κ2) is 4.91. The van der Waals surface area contributed by atoms with Crippen LogP contribution in [0.4, 0.5) is 5.82 Å². The molecule has 0 spiro atoms. The molecule has 0 radical (unpaired) electrons. The van der Waals surface area contributed by atoms with Crippen LogP contribution in [0.5, 0.6) is 0 Å². The van der Waals surface area contributed by atoms with Gasteiger partial charge in [-0.05, 0) is 26.0 Å². The van der Waals surface area contributed by atoms with Crippen molar-refractivity contribution in [3.63, 3.8) is 0 Å². The average Bonchev–Trinajstić information content (AvgIpc) is 2.99. The molecule has 0 aromatic carbocycles. The van der Waals surface area contributed by atoms with Gasteiger partial charge in [0.2, 0.25) is 0 Å². The van der Waals surface area contributed by atoms with E-state index in [-0.39, 0.29) is 5.56 Å². The molecule has 88 valence electrons. The van der Waals surface area contributed by atoms with E-state index in [0.717, 1.165) is 24.4 Å². The molecule has 1 unspecified atom stereocenters. The third-order valence-electron chi connectivity index (χ3n) is 2.53. The van der Waals surface area contributed by atoms with Gasteiger partial charge in [0, 0.05) is 23.8 Å². The molecule has 1 fully saturated rings. The number of hydrogen-bond donors (Lipinski definition) is 2. The van der Waals surface area contributed by atoms with E-state index in [1.165, 1.54) is 6.07 Å². The summed E-state index contributed by atoms with van der Waals surface area (Å²) >= 11 is 1.78. The van der Waals surface area contributed by atoms with E-state index in [4.69, 9.17) is 0 Å². The Bertz CT molecular complexity index is 414. The molecule has 2 N–H and O–H groups in total. The zero-order chi connectivity index (χ0) is 11.5. The van der Waals surface area contributed by atoms with Gasteiger partial charge in [0.25, 0.3) is 5.56 Å². The van der Waals surface area contributed by atoms with Crippen molar-refractivity contribution < 1.29 is 0 Å². The number of nitrogens with one attached hydrogen (secondary N) is 2.